The van der Waals surface area contributed by atoms with Gasteiger partial charge in [0, 0.05) is 24.7 Å². The summed E-state index contributed by atoms with van der Waals surface area (Å²) in [6.45, 7) is 4.88. The fourth-order valence-corrected chi connectivity index (χ4v) is 5.06. The molecule has 0 aliphatic carbocycles. The summed E-state index contributed by atoms with van der Waals surface area (Å²) in [7, 11) is -3.88. The summed E-state index contributed by atoms with van der Waals surface area (Å²) in [4.78, 5) is 25.4. The summed E-state index contributed by atoms with van der Waals surface area (Å²) in [5.41, 5.74) is 0.750. The van der Waals surface area contributed by atoms with Crippen LogP contribution >= 0.6 is 11.6 Å². The van der Waals surface area contributed by atoms with Crippen LogP contribution in [0.2, 0.25) is 5.02 Å². The summed E-state index contributed by atoms with van der Waals surface area (Å²) in [5, 5.41) is 5.60. The maximum absolute atomic E-state index is 13.0. The van der Waals surface area contributed by atoms with Crippen molar-refractivity contribution in [3.05, 3.63) is 58.6 Å². The number of anilines is 1. The number of rotatable bonds is 7. The lowest BCUT2D eigenvalue weighted by molar-refractivity contribution is 0.0730. The van der Waals surface area contributed by atoms with Gasteiger partial charge in [0.1, 0.15) is 4.90 Å². The van der Waals surface area contributed by atoms with Gasteiger partial charge in [-0.1, -0.05) is 30.7 Å². The van der Waals surface area contributed by atoms with E-state index in [-0.39, 0.29) is 40.5 Å². The molecule has 1 fully saturated rings. The molecule has 172 valence electrons. The predicted molar refractivity (Wildman–Crippen MR) is 123 cm³/mol. The molecule has 2 amide bonds. The van der Waals surface area contributed by atoms with Crippen molar-refractivity contribution in [2.75, 3.05) is 31.6 Å². The molecule has 0 spiro atoms. The van der Waals surface area contributed by atoms with Gasteiger partial charge in [-0.3, -0.25) is 9.59 Å². The van der Waals surface area contributed by atoms with E-state index in [1.165, 1.54) is 22.5 Å². The molecule has 1 atom stereocenters. The molecule has 0 saturated carbocycles. The van der Waals surface area contributed by atoms with Crippen LogP contribution in [0, 0.1) is 0 Å². The standard InChI is InChI=1S/C22H26ClN3O5S/c1-3-15(2)24-22(28)17-6-4-5-7-19(17)25-21(27)16-8-9-18(23)20(14-16)32(29,30)26-10-12-31-13-11-26/h4-9,14-15H,3,10-13H2,1-2H3,(H,24,28)(H,25,27)/t15-/m1/s1. The number of carbonyl (C=O) groups is 2. The molecular weight excluding hydrogens is 454 g/mol. The van der Waals surface area contributed by atoms with Gasteiger partial charge in [0.05, 0.1) is 29.5 Å². The van der Waals surface area contributed by atoms with Crippen LogP contribution in [0.25, 0.3) is 0 Å². The molecule has 10 heteroatoms. The second-order valence-corrected chi connectivity index (χ2v) is 9.76. The van der Waals surface area contributed by atoms with Crippen molar-refractivity contribution in [2.45, 2.75) is 31.2 Å². The van der Waals surface area contributed by atoms with Gasteiger partial charge >= 0.3 is 0 Å². The molecule has 32 heavy (non-hydrogen) atoms. The second kappa shape index (κ2) is 10.4. The third-order valence-electron chi connectivity index (χ3n) is 5.19. The van der Waals surface area contributed by atoms with Gasteiger partial charge in [-0.2, -0.15) is 4.31 Å². The van der Waals surface area contributed by atoms with E-state index < -0.39 is 15.9 Å². The van der Waals surface area contributed by atoms with Crippen LogP contribution in [0.15, 0.2) is 47.4 Å². The Morgan fingerprint density at radius 3 is 2.50 bits per heavy atom. The van der Waals surface area contributed by atoms with E-state index in [0.717, 1.165) is 6.42 Å². The Morgan fingerprint density at radius 1 is 1.12 bits per heavy atom. The minimum Gasteiger partial charge on any atom is -0.379 e. The number of nitrogens with zero attached hydrogens (tertiary/aromatic N) is 1. The van der Waals surface area contributed by atoms with E-state index in [1.54, 1.807) is 24.3 Å². The molecule has 0 aromatic heterocycles. The molecule has 1 heterocycles. The lowest BCUT2D eigenvalue weighted by atomic mass is 10.1. The number of ether oxygens (including phenoxy) is 1. The Balaban J connectivity index is 1.86. The van der Waals surface area contributed by atoms with Crippen molar-refractivity contribution in [1.29, 1.82) is 0 Å². The molecule has 0 bridgehead atoms. The van der Waals surface area contributed by atoms with E-state index in [4.69, 9.17) is 16.3 Å². The van der Waals surface area contributed by atoms with Gasteiger partial charge in [-0.05, 0) is 43.7 Å². The number of hydrogen-bond donors (Lipinski definition) is 2. The fraction of sp³-hybridized carbons (Fsp3) is 0.364. The number of hydrogen-bond acceptors (Lipinski definition) is 5. The maximum atomic E-state index is 13.0. The van der Waals surface area contributed by atoms with Crippen LogP contribution in [0.4, 0.5) is 5.69 Å². The van der Waals surface area contributed by atoms with Crippen molar-refractivity contribution in [2.24, 2.45) is 0 Å². The molecule has 3 rings (SSSR count). The number of sulfonamides is 1. The molecule has 1 aliphatic heterocycles. The first-order chi connectivity index (χ1) is 15.2. The van der Waals surface area contributed by atoms with Crippen molar-refractivity contribution >= 4 is 39.1 Å². The molecule has 2 N–H and O–H groups in total. The highest BCUT2D eigenvalue weighted by Crippen LogP contribution is 2.27. The zero-order valence-corrected chi connectivity index (χ0v) is 19.5. The molecule has 2 aromatic rings. The number of halogens is 1. The highest BCUT2D eigenvalue weighted by Gasteiger charge is 2.29. The normalized spacial score (nSPS) is 15.7. The van der Waals surface area contributed by atoms with E-state index in [2.05, 4.69) is 10.6 Å². The number of amides is 2. The number of para-hydroxylation sites is 1. The highest BCUT2D eigenvalue weighted by molar-refractivity contribution is 7.89. The Hall–Kier alpha value is -2.46. The van der Waals surface area contributed by atoms with E-state index in [1.807, 2.05) is 13.8 Å². The lowest BCUT2D eigenvalue weighted by Gasteiger charge is -2.26. The fourth-order valence-electron chi connectivity index (χ4n) is 3.16. The van der Waals surface area contributed by atoms with Crippen molar-refractivity contribution in [3.63, 3.8) is 0 Å². The topological polar surface area (TPSA) is 105 Å². The van der Waals surface area contributed by atoms with Gasteiger partial charge in [-0.15, -0.1) is 0 Å². The van der Waals surface area contributed by atoms with Gasteiger partial charge in [0.2, 0.25) is 10.0 Å². The first kappa shape index (κ1) is 24.2. The van der Waals surface area contributed by atoms with Gasteiger partial charge < -0.3 is 15.4 Å². The zero-order chi connectivity index (χ0) is 23.3. The first-order valence-electron chi connectivity index (χ1n) is 10.3. The quantitative estimate of drug-likeness (QED) is 0.634. The van der Waals surface area contributed by atoms with Crippen molar-refractivity contribution < 1.29 is 22.7 Å². The minimum atomic E-state index is -3.88. The Labute approximate surface area is 192 Å². The average Bonchev–Trinajstić information content (AvgIpc) is 2.80. The van der Waals surface area contributed by atoms with E-state index >= 15 is 0 Å². The Bertz CT molecular complexity index is 1100. The molecule has 1 saturated heterocycles. The molecule has 0 unspecified atom stereocenters. The Kier molecular flexibility index (Phi) is 7.89. The van der Waals surface area contributed by atoms with Gasteiger partial charge in [-0.25, -0.2) is 8.42 Å². The van der Waals surface area contributed by atoms with Crippen LogP contribution < -0.4 is 10.6 Å². The summed E-state index contributed by atoms with van der Waals surface area (Å²) < 4.78 is 32.5. The third kappa shape index (κ3) is 5.47. The first-order valence-corrected chi connectivity index (χ1v) is 12.1. The number of morpholine rings is 1. The monoisotopic (exact) mass is 479 g/mol. The van der Waals surface area contributed by atoms with Crippen LogP contribution in [0.1, 0.15) is 41.0 Å². The lowest BCUT2D eigenvalue weighted by Crippen LogP contribution is -2.40. The molecular formula is C22H26ClN3O5S. The van der Waals surface area contributed by atoms with Crippen LogP contribution in [0.5, 0.6) is 0 Å². The summed E-state index contributed by atoms with van der Waals surface area (Å²) in [6.07, 6.45) is 0.769. The van der Waals surface area contributed by atoms with E-state index in [9.17, 15) is 18.0 Å². The number of benzene rings is 2. The largest absolute Gasteiger partial charge is 0.379 e. The zero-order valence-electron chi connectivity index (χ0n) is 17.9. The molecule has 8 nitrogen and oxygen atoms in total. The molecule has 0 radical (unpaired) electrons. The minimum absolute atomic E-state index is 0.0181. The third-order valence-corrected chi connectivity index (χ3v) is 7.57. The number of nitrogens with one attached hydrogen (secondary N) is 2. The van der Waals surface area contributed by atoms with Gasteiger partial charge in [0.15, 0.2) is 0 Å². The maximum Gasteiger partial charge on any atom is 0.255 e. The number of carbonyl (C=O) groups excluding carboxylic acids is 2. The Morgan fingerprint density at radius 2 is 1.81 bits per heavy atom. The summed E-state index contributed by atoms with van der Waals surface area (Å²) in [5.74, 6) is -0.856. The highest BCUT2D eigenvalue weighted by atomic mass is 35.5. The smallest absolute Gasteiger partial charge is 0.255 e. The van der Waals surface area contributed by atoms with Gasteiger partial charge in [0.25, 0.3) is 11.8 Å². The molecule has 2 aromatic carbocycles. The predicted octanol–water partition coefficient (Wildman–Crippen LogP) is 3.14. The summed E-state index contributed by atoms with van der Waals surface area (Å²) in [6, 6.07) is 10.7. The van der Waals surface area contributed by atoms with Crippen LogP contribution in [-0.4, -0.2) is 56.9 Å². The van der Waals surface area contributed by atoms with Crippen LogP contribution in [-0.2, 0) is 14.8 Å². The van der Waals surface area contributed by atoms with E-state index in [0.29, 0.717) is 24.5 Å². The summed E-state index contributed by atoms with van der Waals surface area (Å²) >= 11 is 6.17. The van der Waals surface area contributed by atoms with Crippen LogP contribution in [0.3, 0.4) is 0 Å². The van der Waals surface area contributed by atoms with Crippen molar-refractivity contribution in [3.8, 4) is 0 Å². The SMILES string of the molecule is CC[C@@H](C)NC(=O)c1ccccc1NC(=O)c1ccc(Cl)c(S(=O)(=O)N2CCOCC2)c1. The average molecular weight is 480 g/mol. The molecule has 1 aliphatic rings. The second-order valence-electron chi connectivity index (χ2n) is 7.44. The van der Waals surface area contributed by atoms with Crippen molar-refractivity contribution in [1.82, 2.24) is 9.62 Å².